The summed E-state index contributed by atoms with van der Waals surface area (Å²) in [6.07, 6.45) is 2.14. The Morgan fingerprint density at radius 1 is 1.03 bits per heavy atom. The van der Waals surface area contributed by atoms with Gasteiger partial charge in [-0.2, -0.15) is 0 Å². The third-order valence-electron chi connectivity index (χ3n) is 8.07. The highest BCUT2D eigenvalue weighted by molar-refractivity contribution is 5.74. The van der Waals surface area contributed by atoms with E-state index >= 15 is 0 Å². The van der Waals surface area contributed by atoms with Gasteiger partial charge < -0.3 is 33.9 Å². The predicted octanol–water partition coefficient (Wildman–Crippen LogP) is 3.72. The molecule has 2 N–H and O–H groups in total. The van der Waals surface area contributed by atoms with E-state index in [0.29, 0.717) is 6.42 Å². The SMILES string of the molecule is CO[C@H]1CCCC[C@@H](c2ccccc2)OC(=O)[C@@H](C)[C@@]2(O)O[C@H]([C@@H](C)[C@H](O)[C@@H]2OC(C)=O)[C@@H](C)/C=C/[C@H]1OC. The number of ether oxygens (including phenoxy) is 5. The second-order valence-electron chi connectivity index (χ2n) is 10.8. The van der Waals surface area contributed by atoms with Crippen LogP contribution >= 0.6 is 0 Å². The Balaban J connectivity index is 2.04. The number of rotatable bonds is 4. The van der Waals surface area contributed by atoms with Gasteiger partial charge in [0.15, 0.2) is 6.10 Å². The van der Waals surface area contributed by atoms with Gasteiger partial charge in [0.25, 0.3) is 0 Å². The summed E-state index contributed by atoms with van der Waals surface area (Å²) >= 11 is 0. The standard InChI is InChI=1S/C30H44O9/c1-18-16-17-25(36-6)24(35-5)15-11-10-14-23(22-12-8-7-9-13-22)38-29(33)20(3)30(34)28(37-21(4)31)26(32)19(2)27(18)39-30/h7-9,12-13,16-20,23-28,32,34H,10-11,14-15H2,1-6H3/b17-16+/t18-,19-,20+,23-,24-,25+,26-,27-,28-,30+/m0/s1. The Morgan fingerprint density at radius 2 is 1.69 bits per heavy atom. The number of carbonyl (C=O) groups excluding carboxylic acids is 2. The molecule has 0 spiro atoms. The molecule has 1 aromatic rings. The first-order chi connectivity index (χ1) is 18.5. The molecule has 0 unspecified atom stereocenters. The molecule has 2 aliphatic heterocycles. The van der Waals surface area contributed by atoms with Crippen LogP contribution in [0.2, 0.25) is 0 Å². The summed E-state index contributed by atoms with van der Waals surface area (Å²) in [5.41, 5.74) is 0.827. The van der Waals surface area contributed by atoms with Gasteiger partial charge in [0, 0.05) is 33.0 Å². The Bertz CT molecular complexity index is 966. The third-order valence-corrected chi connectivity index (χ3v) is 8.07. The van der Waals surface area contributed by atoms with Crippen LogP contribution in [0.5, 0.6) is 0 Å². The number of methoxy groups -OCH3 is 2. The summed E-state index contributed by atoms with van der Waals surface area (Å²) in [6.45, 7) is 6.30. The number of aliphatic hydroxyl groups is 2. The zero-order valence-corrected chi connectivity index (χ0v) is 23.8. The highest BCUT2D eigenvalue weighted by Gasteiger charge is 2.59. The maximum absolute atomic E-state index is 13.5. The number of hydrogen-bond acceptors (Lipinski definition) is 9. The molecule has 2 bridgehead atoms. The van der Waals surface area contributed by atoms with Gasteiger partial charge in [-0.3, -0.25) is 9.59 Å². The fraction of sp³-hybridized carbons (Fsp3) is 0.667. The van der Waals surface area contributed by atoms with Crippen LogP contribution in [-0.4, -0.2) is 72.7 Å². The highest BCUT2D eigenvalue weighted by Crippen LogP contribution is 2.42. The van der Waals surface area contributed by atoms with Gasteiger partial charge in [-0.1, -0.05) is 62.8 Å². The molecule has 9 nitrogen and oxygen atoms in total. The average Bonchev–Trinajstić information content (AvgIpc) is 2.92. The molecule has 1 saturated heterocycles. The maximum atomic E-state index is 13.5. The van der Waals surface area contributed by atoms with Crippen molar-refractivity contribution in [3.63, 3.8) is 0 Å². The van der Waals surface area contributed by atoms with E-state index in [-0.39, 0.29) is 18.1 Å². The molecule has 10 atom stereocenters. The lowest BCUT2D eigenvalue weighted by Crippen LogP contribution is -2.67. The van der Waals surface area contributed by atoms with Crippen molar-refractivity contribution < 1.29 is 43.5 Å². The second kappa shape index (κ2) is 13.9. The summed E-state index contributed by atoms with van der Waals surface area (Å²) in [5, 5.41) is 23.1. The van der Waals surface area contributed by atoms with Crippen molar-refractivity contribution >= 4 is 11.9 Å². The monoisotopic (exact) mass is 548 g/mol. The fourth-order valence-corrected chi connectivity index (χ4v) is 5.59. The van der Waals surface area contributed by atoms with Crippen molar-refractivity contribution in [1.29, 1.82) is 0 Å². The zero-order valence-electron chi connectivity index (χ0n) is 23.8. The third kappa shape index (κ3) is 7.27. The van der Waals surface area contributed by atoms with E-state index < -0.39 is 54.0 Å². The molecule has 0 radical (unpaired) electrons. The molecule has 1 fully saturated rings. The molecule has 0 aromatic heterocycles. The molecule has 218 valence electrons. The molecule has 9 heteroatoms. The van der Waals surface area contributed by atoms with E-state index in [2.05, 4.69) is 0 Å². The Labute approximate surface area is 231 Å². The van der Waals surface area contributed by atoms with Crippen LogP contribution in [-0.2, 0) is 33.3 Å². The van der Waals surface area contributed by atoms with Crippen LogP contribution in [0.25, 0.3) is 0 Å². The van der Waals surface area contributed by atoms with Crippen molar-refractivity contribution in [2.45, 2.75) is 95.8 Å². The number of benzene rings is 1. The summed E-state index contributed by atoms with van der Waals surface area (Å²) in [5.74, 6) is -5.86. The molecular formula is C30H44O9. The number of fused-ring (bicyclic) bond motifs is 2. The summed E-state index contributed by atoms with van der Waals surface area (Å²) < 4.78 is 29.0. The zero-order chi connectivity index (χ0) is 28.7. The van der Waals surface area contributed by atoms with E-state index in [1.165, 1.54) is 13.8 Å². The van der Waals surface area contributed by atoms with Gasteiger partial charge in [0.1, 0.15) is 24.2 Å². The summed E-state index contributed by atoms with van der Waals surface area (Å²) in [7, 11) is 3.28. The van der Waals surface area contributed by atoms with E-state index in [4.69, 9.17) is 23.7 Å². The molecule has 0 saturated carbocycles. The van der Waals surface area contributed by atoms with Gasteiger partial charge in [-0.25, -0.2) is 0 Å². The summed E-state index contributed by atoms with van der Waals surface area (Å²) in [4.78, 5) is 25.5. The van der Waals surface area contributed by atoms with Crippen molar-refractivity contribution in [3.05, 3.63) is 48.0 Å². The molecule has 2 heterocycles. The van der Waals surface area contributed by atoms with Crippen molar-refractivity contribution in [2.24, 2.45) is 17.8 Å². The van der Waals surface area contributed by atoms with E-state index in [1.807, 2.05) is 49.4 Å². The molecule has 39 heavy (non-hydrogen) atoms. The quantitative estimate of drug-likeness (QED) is 0.428. The highest BCUT2D eigenvalue weighted by atomic mass is 16.7. The maximum Gasteiger partial charge on any atom is 0.314 e. The van der Waals surface area contributed by atoms with Gasteiger partial charge in [-0.15, -0.1) is 0 Å². The first-order valence-corrected chi connectivity index (χ1v) is 13.8. The van der Waals surface area contributed by atoms with Crippen LogP contribution < -0.4 is 0 Å². The Kier molecular flexibility index (Phi) is 11.1. The number of carbonyl (C=O) groups is 2. The van der Waals surface area contributed by atoms with Crippen LogP contribution in [0, 0.1) is 17.8 Å². The van der Waals surface area contributed by atoms with Gasteiger partial charge in [0.05, 0.1) is 12.2 Å². The van der Waals surface area contributed by atoms with Gasteiger partial charge >= 0.3 is 11.9 Å². The van der Waals surface area contributed by atoms with Crippen molar-refractivity contribution in [1.82, 2.24) is 0 Å². The minimum Gasteiger partial charge on any atom is -0.457 e. The first kappa shape index (κ1) is 31.2. The van der Waals surface area contributed by atoms with Crippen LogP contribution in [0.1, 0.15) is 65.0 Å². The lowest BCUT2D eigenvalue weighted by Gasteiger charge is -2.50. The molecule has 0 aliphatic carbocycles. The normalized spacial score (nSPS) is 39.4. The van der Waals surface area contributed by atoms with Gasteiger partial charge in [-0.05, 0) is 31.7 Å². The lowest BCUT2D eigenvalue weighted by molar-refractivity contribution is -0.357. The van der Waals surface area contributed by atoms with Crippen molar-refractivity contribution in [3.8, 4) is 0 Å². The summed E-state index contributed by atoms with van der Waals surface area (Å²) in [6, 6.07) is 9.42. The van der Waals surface area contributed by atoms with E-state index in [9.17, 15) is 19.8 Å². The van der Waals surface area contributed by atoms with E-state index in [1.54, 1.807) is 21.1 Å². The second-order valence-corrected chi connectivity index (χ2v) is 10.8. The van der Waals surface area contributed by atoms with Gasteiger partial charge in [0.2, 0.25) is 5.79 Å². The number of aliphatic hydroxyl groups excluding tert-OH is 1. The minimum atomic E-state index is -2.32. The Hall–Kier alpha value is -2.30. The fourth-order valence-electron chi connectivity index (χ4n) is 5.59. The Morgan fingerprint density at radius 3 is 2.31 bits per heavy atom. The van der Waals surface area contributed by atoms with Crippen LogP contribution in [0.15, 0.2) is 42.5 Å². The topological polar surface area (TPSA) is 121 Å². The molecular weight excluding hydrogens is 504 g/mol. The number of hydrogen-bond donors (Lipinski definition) is 2. The smallest absolute Gasteiger partial charge is 0.314 e. The first-order valence-electron chi connectivity index (χ1n) is 13.8. The van der Waals surface area contributed by atoms with E-state index in [0.717, 1.165) is 24.8 Å². The lowest BCUT2D eigenvalue weighted by atomic mass is 9.78. The molecule has 1 aromatic carbocycles. The average molecular weight is 549 g/mol. The molecule has 3 rings (SSSR count). The van der Waals surface area contributed by atoms with Crippen LogP contribution in [0.4, 0.5) is 0 Å². The number of cyclic esters (lactones) is 1. The van der Waals surface area contributed by atoms with Crippen LogP contribution in [0.3, 0.4) is 0 Å². The molecule has 2 aliphatic rings. The minimum absolute atomic E-state index is 0.190. The number of esters is 2. The predicted molar refractivity (Wildman–Crippen MR) is 143 cm³/mol. The molecule has 0 amide bonds. The van der Waals surface area contributed by atoms with Crippen molar-refractivity contribution in [2.75, 3.05) is 14.2 Å². The largest absolute Gasteiger partial charge is 0.457 e.